The van der Waals surface area contributed by atoms with E-state index in [2.05, 4.69) is 197 Å². The van der Waals surface area contributed by atoms with E-state index in [9.17, 15) is 0 Å². The zero-order valence-corrected chi connectivity index (χ0v) is 39.4. The van der Waals surface area contributed by atoms with Crippen LogP contribution in [0.15, 0.2) is 127 Å². The van der Waals surface area contributed by atoms with Crippen LogP contribution in [0.25, 0.3) is 65.3 Å². The highest BCUT2D eigenvalue weighted by atomic mass is 31.1. The first-order valence-electron chi connectivity index (χ1n) is 22.8. The fraction of sp³-hybridized carbons (Fsp3) is 0.230. The van der Waals surface area contributed by atoms with Crippen LogP contribution in [-0.2, 0) is 4.79 Å². The van der Waals surface area contributed by atoms with Crippen LogP contribution < -0.4 is 5.30 Å². The van der Waals surface area contributed by atoms with E-state index in [-0.39, 0.29) is 11.3 Å². The van der Waals surface area contributed by atoms with E-state index in [0.29, 0.717) is 18.6 Å². The molecule has 2 unspecified atom stereocenters. The van der Waals surface area contributed by atoms with Gasteiger partial charge in [0.25, 0.3) is 0 Å². The summed E-state index contributed by atoms with van der Waals surface area (Å²) in [7, 11) is -1.18. The van der Waals surface area contributed by atoms with Crippen LogP contribution in [0.1, 0.15) is 90.9 Å². The molecule has 312 valence electrons. The average Bonchev–Trinajstić information content (AvgIpc) is 3.30. The van der Waals surface area contributed by atoms with Crippen LogP contribution in [0.4, 0.5) is 0 Å². The molecule has 1 aliphatic heterocycles. The Morgan fingerprint density at radius 2 is 0.651 bits per heavy atom. The first kappa shape index (κ1) is 41.1. The lowest BCUT2D eigenvalue weighted by atomic mass is 9.83. The zero-order valence-electron chi connectivity index (χ0n) is 38.5. The summed E-state index contributed by atoms with van der Waals surface area (Å²) in [6.45, 7) is 23.2. The van der Waals surface area contributed by atoms with Crippen molar-refractivity contribution < 1.29 is 4.79 Å². The van der Waals surface area contributed by atoms with Gasteiger partial charge in [-0.1, -0.05) is 123 Å². The highest BCUT2D eigenvalue weighted by Crippen LogP contribution is 2.70. The molecule has 2 atom stereocenters. The van der Waals surface area contributed by atoms with E-state index in [1.54, 1.807) is 0 Å². The molecule has 0 aromatic heterocycles. The van der Waals surface area contributed by atoms with Gasteiger partial charge in [-0.3, -0.25) is 4.79 Å². The van der Waals surface area contributed by atoms with Crippen molar-refractivity contribution in [3.05, 3.63) is 194 Å². The second-order valence-corrected chi connectivity index (χ2v) is 21.1. The van der Waals surface area contributed by atoms with E-state index in [0.717, 1.165) is 0 Å². The van der Waals surface area contributed by atoms with Gasteiger partial charge in [-0.15, -0.1) is 0 Å². The van der Waals surface area contributed by atoms with Crippen LogP contribution in [0, 0.1) is 69.2 Å². The summed E-state index contributed by atoms with van der Waals surface area (Å²) >= 11 is 0. The lowest BCUT2D eigenvalue weighted by Gasteiger charge is -2.43. The second kappa shape index (κ2) is 15.7. The zero-order chi connectivity index (χ0) is 44.0. The topological polar surface area (TPSA) is 17.1 Å². The molecule has 0 saturated carbocycles. The molecule has 0 N–H and O–H groups in total. The third kappa shape index (κ3) is 6.41. The Bertz CT molecular complexity index is 3000. The van der Waals surface area contributed by atoms with Gasteiger partial charge in [-0.25, -0.2) is 0 Å². The standard InChI is InChI=1S/C61H57OP/c1-34-36(3)40(7)57(41(8)37(34)4)53-28-19-29-54(58-42(9)38(5)35(2)39(6)43(58)10)61(53)63-55(59-49-24-15-11-20-44(49)30-45-21-12-16-25-50(45)59)32-48(62)33-56(63)60-51-26-17-13-22-46(51)31-47-23-14-18-27-52(47)60/h11-31,55-56H,32-33H2,1-10H3. The quantitative estimate of drug-likeness (QED) is 0.125. The Balaban J connectivity index is 1.44. The van der Waals surface area contributed by atoms with Gasteiger partial charge in [0.15, 0.2) is 0 Å². The lowest BCUT2D eigenvalue weighted by molar-refractivity contribution is -0.119. The van der Waals surface area contributed by atoms with Crippen LogP contribution in [0.3, 0.4) is 0 Å². The van der Waals surface area contributed by atoms with Gasteiger partial charge in [0.05, 0.1) is 0 Å². The van der Waals surface area contributed by atoms with Crippen molar-refractivity contribution >= 4 is 62.1 Å². The van der Waals surface area contributed by atoms with Gasteiger partial charge in [0.1, 0.15) is 5.78 Å². The third-order valence-corrected chi connectivity index (χ3v) is 18.9. The summed E-state index contributed by atoms with van der Waals surface area (Å²) < 4.78 is 0. The number of carbonyl (C=O) groups is 1. The van der Waals surface area contributed by atoms with E-state index in [4.69, 9.17) is 0 Å². The first-order chi connectivity index (χ1) is 30.4. The molecule has 0 amide bonds. The van der Waals surface area contributed by atoms with Crippen LogP contribution in [0.2, 0.25) is 0 Å². The number of benzene rings is 9. The minimum atomic E-state index is -1.18. The Hall–Kier alpha value is -5.88. The minimum Gasteiger partial charge on any atom is -0.300 e. The van der Waals surface area contributed by atoms with Gasteiger partial charge in [0.2, 0.25) is 0 Å². The van der Waals surface area contributed by atoms with Gasteiger partial charge >= 0.3 is 0 Å². The van der Waals surface area contributed by atoms with Crippen molar-refractivity contribution in [3.63, 3.8) is 0 Å². The predicted molar refractivity (Wildman–Crippen MR) is 274 cm³/mol. The van der Waals surface area contributed by atoms with E-state index in [1.165, 1.54) is 137 Å². The van der Waals surface area contributed by atoms with Crippen LogP contribution >= 0.6 is 7.92 Å². The van der Waals surface area contributed by atoms with Gasteiger partial charge < -0.3 is 0 Å². The summed E-state index contributed by atoms with van der Waals surface area (Å²) in [5.74, 6) is 0.348. The highest BCUT2D eigenvalue weighted by Gasteiger charge is 2.44. The summed E-state index contributed by atoms with van der Waals surface area (Å²) in [5.41, 5.74) is 21.5. The molecule has 2 heteroatoms. The van der Waals surface area contributed by atoms with Crippen molar-refractivity contribution in [2.75, 3.05) is 0 Å². The minimum absolute atomic E-state index is 0.0543. The van der Waals surface area contributed by atoms with E-state index < -0.39 is 7.92 Å². The smallest absolute Gasteiger partial charge is 0.134 e. The largest absolute Gasteiger partial charge is 0.300 e. The molecular formula is C61H57OP. The Labute approximate surface area is 375 Å². The molecule has 1 aliphatic rings. The Morgan fingerprint density at radius 1 is 0.365 bits per heavy atom. The number of carbonyl (C=O) groups excluding carboxylic acids is 1. The van der Waals surface area contributed by atoms with E-state index >= 15 is 4.79 Å². The fourth-order valence-electron chi connectivity index (χ4n) is 11.6. The molecule has 1 saturated heterocycles. The molecule has 10 rings (SSSR count). The second-order valence-electron chi connectivity index (χ2n) is 18.6. The van der Waals surface area contributed by atoms with Crippen molar-refractivity contribution in [2.24, 2.45) is 0 Å². The van der Waals surface area contributed by atoms with Crippen molar-refractivity contribution in [2.45, 2.75) is 93.4 Å². The molecule has 1 heterocycles. The fourth-order valence-corrected chi connectivity index (χ4v) is 15.5. The number of Topliss-reactive ketones (excluding diaryl/α,β-unsaturated/α-hetero) is 1. The predicted octanol–water partition coefficient (Wildman–Crippen LogP) is 16.7. The molecule has 9 aromatic rings. The molecule has 63 heavy (non-hydrogen) atoms. The average molecular weight is 837 g/mol. The maximum Gasteiger partial charge on any atom is 0.134 e. The van der Waals surface area contributed by atoms with Crippen molar-refractivity contribution in [1.82, 2.24) is 0 Å². The number of hydrogen-bond donors (Lipinski definition) is 0. The Kier molecular flexibility index (Phi) is 10.3. The SMILES string of the molecule is Cc1c(C)c(C)c(-c2cccc(-c3c(C)c(C)c(C)c(C)c3C)c2P2C(c3c4ccccc4cc4ccccc34)CC(=O)CC2c2c3ccccc3cc3ccccc23)c(C)c1C. The number of hydrogen-bond acceptors (Lipinski definition) is 1. The molecule has 0 aliphatic carbocycles. The normalized spacial score (nSPS) is 16.8. The lowest BCUT2D eigenvalue weighted by Crippen LogP contribution is -2.27. The van der Waals surface area contributed by atoms with Gasteiger partial charge in [-0.05, 0) is 219 Å². The molecule has 0 bridgehead atoms. The van der Waals surface area contributed by atoms with Gasteiger partial charge in [0, 0.05) is 24.2 Å². The van der Waals surface area contributed by atoms with Crippen molar-refractivity contribution in [1.29, 1.82) is 0 Å². The first-order valence-corrected chi connectivity index (χ1v) is 24.2. The third-order valence-electron chi connectivity index (χ3n) is 15.6. The maximum atomic E-state index is 15.1. The van der Waals surface area contributed by atoms with Crippen molar-refractivity contribution in [3.8, 4) is 22.3 Å². The molecule has 1 nitrogen and oxygen atoms in total. The molecule has 9 aromatic carbocycles. The number of rotatable bonds is 5. The maximum absolute atomic E-state index is 15.1. The summed E-state index contributed by atoms with van der Waals surface area (Å²) in [6.07, 6.45) is 1.01. The summed E-state index contributed by atoms with van der Waals surface area (Å²) in [5, 5.41) is 11.4. The monoisotopic (exact) mass is 836 g/mol. The molecule has 1 fully saturated rings. The van der Waals surface area contributed by atoms with E-state index in [1.807, 2.05) is 0 Å². The molecular weight excluding hydrogens is 780 g/mol. The van der Waals surface area contributed by atoms with Crippen LogP contribution in [0.5, 0.6) is 0 Å². The highest BCUT2D eigenvalue weighted by molar-refractivity contribution is 7.67. The molecule has 0 radical (unpaired) electrons. The molecule has 0 spiro atoms. The summed E-state index contributed by atoms with van der Waals surface area (Å²) in [4.78, 5) is 15.1. The number of fused-ring (bicyclic) bond motifs is 4. The number of ketones is 1. The Morgan fingerprint density at radius 3 is 0.968 bits per heavy atom. The van der Waals surface area contributed by atoms with Crippen LogP contribution in [-0.4, -0.2) is 5.78 Å². The summed E-state index contributed by atoms with van der Waals surface area (Å²) in [6, 6.07) is 47.7. The van der Waals surface area contributed by atoms with Gasteiger partial charge in [-0.2, -0.15) is 0 Å².